The predicted molar refractivity (Wildman–Crippen MR) is 80.0 cm³/mol. The number of nitrogens with two attached hydrogens (primary N) is 1. The molecule has 0 saturated heterocycles. The smallest absolute Gasteiger partial charge is 0.220 e. The first-order chi connectivity index (χ1) is 9.65. The molecule has 3 N–H and O–H groups in total. The summed E-state index contributed by atoms with van der Waals surface area (Å²) in [6, 6.07) is 11.4. The van der Waals surface area contributed by atoms with Crippen molar-refractivity contribution in [1.82, 2.24) is 10.3 Å². The van der Waals surface area contributed by atoms with Gasteiger partial charge in [0.1, 0.15) is 0 Å². The van der Waals surface area contributed by atoms with E-state index in [9.17, 15) is 4.79 Å². The number of nitrogens with zero attached hydrogens (tertiary/aromatic N) is 1. The molecule has 2 aromatic rings. The van der Waals surface area contributed by atoms with Crippen LogP contribution in [0.25, 0.3) is 0 Å². The van der Waals surface area contributed by atoms with Crippen LogP contribution in [0.2, 0.25) is 0 Å². The largest absolute Gasteiger partial charge is 0.399 e. The van der Waals surface area contributed by atoms with Gasteiger partial charge in [-0.25, -0.2) is 0 Å². The minimum atomic E-state index is -0.00802. The number of carbonyl (C=O) groups excluding carboxylic acids is 1. The van der Waals surface area contributed by atoms with E-state index in [4.69, 9.17) is 5.73 Å². The van der Waals surface area contributed by atoms with Crippen molar-refractivity contribution in [3.05, 3.63) is 59.9 Å². The zero-order valence-corrected chi connectivity index (χ0v) is 11.5. The van der Waals surface area contributed by atoms with Crippen LogP contribution in [0.15, 0.2) is 48.8 Å². The molecule has 20 heavy (non-hydrogen) atoms. The summed E-state index contributed by atoms with van der Waals surface area (Å²) in [5.74, 6) is 0.0386. The molecule has 0 radical (unpaired) electrons. The molecule has 0 bridgehead atoms. The summed E-state index contributed by atoms with van der Waals surface area (Å²) in [6.45, 7) is 1.97. The van der Waals surface area contributed by atoms with Gasteiger partial charge in [0.2, 0.25) is 5.91 Å². The lowest BCUT2D eigenvalue weighted by molar-refractivity contribution is -0.121. The Morgan fingerprint density at radius 3 is 2.75 bits per heavy atom. The first-order valence-corrected chi connectivity index (χ1v) is 6.69. The highest BCUT2D eigenvalue weighted by Crippen LogP contribution is 2.12. The lowest BCUT2D eigenvalue weighted by atomic mass is 10.1. The van der Waals surface area contributed by atoms with E-state index >= 15 is 0 Å². The fraction of sp³-hybridized carbons (Fsp3) is 0.250. The van der Waals surface area contributed by atoms with Gasteiger partial charge in [0.25, 0.3) is 0 Å². The highest BCUT2D eigenvalue weighted by Gasteiger charge is 2.09. The molecule has 0 fully saturated rings. The monoisotopic (exact) mass is 269 g/mol. The maximum atomic E-state index is 11.9. The fourth-order valence-corrected chi connectivity index (χ4v) is 2.06. The number of anilines is 1. The molecule has 1 aromatic heterocycles. The van der Waals surface area contributed by atoms with E-state index in [2.05, 4.69) is 10.3 Å². The molecule has 1 amide bonds. The van der Waals surface area contributed by atoms with Crippen molar-refractivity contribution in [2.45, 2.75) is 25.8 Å². The van der Waals surface area contributed by atoms with Crippen molar-refractivity contribution in [2.75, 3.05) is 5.73 Å². The Bertz CT molecular complexity index is 569. The van der Waals surface area contributed by atoms with E-state index < -0.39 is 0 Å². The highest BCUT2D eigenvalue weighted by molar-refractivity contribution is 5.76. The van der Waals surface area contributed by atoms with Gasteiger partial charge in [-0.2, -0.15) is 0 Å². The van der Waals surface area contributed by atoms with E-state index in [-0.39, 0.29) is 11.9 Å². The van der Waals surface area contributed by atoms with Crippen LogP contribution >= 0.6 is 0 Å². The van der Waals surface area contributed by atoms with Gasteiger partial charge in [0.05, 0.1) is 6.04 Å². The van der Waals surface area contributed by atoms with Crippen LogP contribution < -0.4 is 11.1 Å². The lowest BCUT2D eigenvalue weighted by Crippen LogP contribution is -2.26. The summed E-state index contributed by atoms with van der Waals surface area (Å²) in [6.07, 6.45) is 4.61. The first kappa shape index (κ1) is 14.1. The molecule has 0 aliphatic rings. The standard InChI is InChI=1S/C16H19N3O/c1-12(14-7-9-18-10-8-14)19-16(20)6-5-13-3-2-4-15(17)11-13/h2-4,7-12H,5-6,17H2,1H3,(H,19,20). The number of benzene rings is 1. The maximum absolute atomic E-state index is 11.9. The Morgan fingerprint density at radius 2 is 2.05 bits per heavy atom. The number of hydrogen-bond acceptors (Lipinski definition) is 3. The Kier molecular flexibility index (Phi) is 4.71. The molecular formula is C16H19N3O. The second kappa shape index (κ2) is 6.70. The van der Waals surface area contributed by atoms with Crippen molar-refractivity contribution >= 4 is 11.6 Å². The van der Waals surface area contributed by atoms with Crippen molar-refractivity contribution in [3.63, 3.8) is 0 Å². The van der Waals surface area contributed by atoms with Crippen LogP contribution in [-0.2, 0) is 11.2 Å². The molecule has 4 heteroatoms. The topological polar surface area (TPSA) is 68.0 Å². The average molecular weight is 269 g/mol. The number of aromatic nitrogens is 1. The van der Waals surface area contributed by atoms with Gasteiger partial charge in [0.15, 0.2) is 0 Å². The summed E-state index contributed by atoms with van der Waals surface area (Å²) in [7, 11) is 0. The zero-order valence-electron chi connectivity index (χ0n) is 11.5. The molecule has 2 rings (SSSR count). The molecule has 0 aliphatic heterocycles. The van der Waals surface area contributed by atoms with Crippen LogP contribution in [0.4, 0.5) is 5.69 Å². The van der Waals surface area contributed by atoms with Crippen molar-refractivity contribution in [1.29, 1.82) is 0 Å². The number of carbonyl (C=O) groups is 1. The quantitative estimate of drug-likeness (QED) is 0.819. The third-order valence-electron chi connectivity index (χ3n) is 3.18. The second-order valence-electron chi connectivity index (χ2n) is 4.81. The van der Waals surface area contributed by atoms with Gasteiger partial charge in [-0.1, -0.05) is 12.1 Å². The summed E-state index contributed by atoms with van der Waals surface area (Å²) in [5.41, 5.74) is 8.58. The average Bonchev–Trinajstić information content (AvgIpc) is 2.46. The van der Waals surface area contributed by atoms with Crippen LogP contribution in [0.5, 0.6) is 0 Å². The van der Waals surface area contributed by atoms with E-state index in [1.807, 2.05) is 43.3 Å². The maximum Gasteiger partial charge on any atom is 0.220 e. The summed E-state index contributed by atoms with van der Waals surface area (Å²) in [4.78, 5) is 15.9. The lowest BCUT2D eigenvalue weighted by Gasteiger charge is -2.14. The molecule has 4 nitrogen and oxygen atoms in total. The normalized spacial score (nSPS) is 11.8. The number of aryl methyl sites for hydroxylation is 1. The Morgan fingerprint density at radius 1 is 1.30 bits per heavy atom. The van der Waals surface area contributed by atoms with Gasteiger partial charge in [-0.15, -0.1) is 0 Å². The Balaban J connectivity index is 1.84. The molecule has 0 spiro atoms. The van der Waals surface area contributed by atoms with Crippen molar-refractivity contribution in [3.8, 4) is 0 Å². The van der Waals surface area contributed by atoms with Gasteiger partial charge in [0, 0.05) is 24.5 Å². The molecule has 104 valence electrons. The van der Waals surface area contributed by atoms with Gasteiger partial charge in [-0.05, 0) is 48.7 Å². The number of hydrogen-bond donors (Lipinski definition) is 2. The number of pyridine rings is 1. The number of nitrogens with one attached hydrogen (secondary N) is 1. The molecule has 0 aliphatic carbocycles. The third kappa shape index (κ3) is 4.09. The van der Waals surface area contributed by atoms with Crippen LogP contribution in [0.3, 0.4) is 0 Å². The van der Waals surface area contributed by atoms with Gasteiger partial charge in [-0.3, -0.25) is 9.78 Å². The summed E-state index contributed by atoms with van der Waals surface area (Å²) in [5, 5.41) is 2.98. The predicted octanol–water partition coefficient (Wildman–Crippen LogP) is 2.47. The van der Waals surface area contributed by atoms with E-state index in [0.717, 1.165) is 16.8 Å². The number of nitrogen functional groups attached to an aromatic ring is 1. The van der Waals surface area contributed by atoms with Crippen LogP contribution in [0.1, 0.15) is 30.5 Å². The van der Waals surface area contributed by atoms with E-state index in [0.29, 0.717) is 12.8 Å². The number of amides is 1. The molecule has 1 unspecified atom stereocenters. The SMILES string of the molecule is CC(NC(=O)CCc1cccc(N)c1)c1ccncc1. The summed E-state index contributed by atoms with van der Waals surface area (Å²) >= 11 is 0. The molecular weight excluding hydrogens is 250 g/mol. The zero-order chi connectivity index (χ0) is 14.4. The van der Waals surface area contributed by atoms with Crippen LogP contribution in [0, 0.1) is 0 Å². The Hall–Kier alpha value is -2.36. The molecule has 1 heterocycles. The minimum absolute atomic E-state index is 0.00802. The fourth-order valence-electron chi connectivity index (χ4n) is 2.06. The van der Waals surface area contributed by atoms with E-state index in [1.165, 1.54) is 0 Å². The highest BCUT2D eigenvalue weighted by atomic mass is 16.1. The van der Waals surface area contributed by atoms with Gasteiger partial charge >= 0.3 is 0 Å². The van der Waals surface area contributed by atoms with Gasteiger partial charge < -0.3 is 11.1 Å². The molecule has 0 saturated carbocycles. The van der Waals surface area contributed by atoms with E-state index in [1.54, 1.807) is 12.4 Å². The van der Waals surface area contributed by atoms with Crippen LogP contribution in [-0.4, -0.2) is 10.9 Å². The molecule has 1 aromatic carbocycles. The third-order valence-corrected chi connectivity index (χ3v) is 3.18. The molecule has 1 atom stereocenters. The second-order valence-corrected chi connectivity index (χ2v) is 4.81. The first-order valence-electron chi connectivity index (χ1n) is 6.69. The van der Waals surface area contributed by atoms with Crippen molar-refractivity contribution in [2.24, 2.45) is 0 Å². The number of rotatable bonds is 5. The minimum Gasteiger partial charge on any atom is -0.399 e. The summed E-state index contributed by atoms with van der Waals surface area (Å²) < 4.78 is 0. The van der Waals surface area contributed by atoms with Crippen molar-refractivity contribution < 1.29 is 4.79 Å². The Labute approximate surface area is 119 Å².